The first-order valence-electron chi connectivity index (χ1n) is 5.96. The van der Waals surface area contributed by atoms with Crippen LogP contribution in [0.5, 0.6) is 5.75 Å². The van der Waals surface area contributed by atoms with Crippen LogP contribution >= 0.6 is 11.6 Å². The van der Waals surface area contributed by atoms with E-state index in [0.29, 0.717) is 17.0 Å². The fourth-order valence-corrected chi connectivity index (χ4v) is 1.90. The third-order valence-electron chi connectivity index (χ3n) is 2.68. The second-order valence-electron chi connectivity index (χ2n) is 4.20. The Morgan fingerprint density at radius 1 is 1.29 bits per heavy atom. The second-order valence-corrected chi connectivity index (χ2v) is 4.61. The largest absolute Gasteiger partial charge is 0.417 e. The number of nitro benzene ring substituents is 1. The van der Waals surface area contributed by atoms with Gasteiger partial charge in [-0.25, -0.2) is 4.79 Å². The highest BCUT2D eigenvalue weighted by Crippen LogP contribution is 2.30. The van der Waals surface area contributed by atoms with E-state index in [4.69, 9.17) is 16.3 Å². The number of benzene rings is 2. The average Bonchev–Trinajstić information content (AvgIpc) is 2.43. The van der Waals surface area contributed by atoms with Gasteiger partial charge in [0.15, 0.2) is 0 Å². The molecule has 0 unspecified atom stereocenters. The van der Waals surface area contributed by atoms with Gasteiger partial charge in [0.25, 0.3) is 5.69 Å². The van der Waals surface area contributed by atoms with Crippen molar-refractivity contribution in [1.29, 1.82) is 0 Å². The number of nitrogens with zero attached hydrogens (tertiary/aromatic N) is 1. The van der Waals surface area contributed by atoms with E-state index in [0.717, 1.165) is 0 Å². The number of anilines is 1. The Morgan fingerprint density at radius 3 is 2.57 bits per heavy atom. The number of halogens is 1. The van der Waals surface area contributed by atoms with Gasteiger partial charge in [-0.2, -0.15) is 0 Å². The number of para-hydroxylation sites is 1. The number of nitrogens with one attached hydrogen (secondary N) is 1. The number of aryl methyl sites for hydroxylation is 1. The molecule has 0 atom stereocenters. The number of hydrogen-bond donors (Lipinski definition) is 1. The highest BCUT2D eigenvalue weighted by molar-refractivity contribution is 6.33. The number of nitro groups is 1. The average molecular weight is 307 g/mol. The van der Waals surface area contributed by atoms with E-state index in [2.05, 4.69) is 5.32 Å². The van der Waals surface area contributed by atoms with Crippen LogP contribution in [0.1, 0.15) is 5.56 Å². The molecule has 0 aliphatic rings. The Bertz CT molecular complexity index is 689. The molecule has 0 heterocycles. The Kier molecular flexibility index (Phi) is 4.39. The summed E-state index contributed by atoms with van der Waals surface area (Å²) in [4.78, 5) is 21.9. The molecule has 108 valence electrons. The van der Waals surface area contributed by atoms with Crippen molar-refractivity contribution in [2.24, 2.45) is 0 Å². The van der Waals surface area contributed by atoms with Crippen LogP contribution in [-0.4, -0.2) is 11.0 Å². The van der Waals surface area contributed by atoms with Crippen molar-refractivity contribution >= 4 is 29.1 Å². The molecule has 21 heavy (non-hydrogen) atoms. The van der Waals surface area contributed by atoms with E-state index in [1.54, 1.807) is 37.3 Å². The predicted molar refractivity (Wildman–Crippen MR) is 78.9 cm³/mol. The maximum atomic E-state index is 11.8. The monoisotopic (exact) mass is 306 g/mol. The Hall–Kier alpha value is -2.60. The van der Waals surface area contributed by atoms with Crippen LogP contribution in [-0.2, 0) is 0 Å². The molecular weight excluding hydrogens is 296 g/mol. The van der Waals surface area contributed by atoms with Gasteiger partial charge in [-0.3, -0.25) is 15.4 Å². The summed E-state index contributed by atoms with van der Waals surface area (Å²) in [6.07, 6.45) is -0.700. The third-order valence-corrected chi connectivity index (χ3v) is 2.98. The first-order valence-corrected chi connectivity index (χ1v) is 6.33. The van der Waals surface area contributed by atoms with Crippen molar-refractivity contribution in [3.05, 3.63) is 63.2 Å². The molecule has 7 heteroatoms. The van der Waals surface area contributed by atoms with Crippen LogP contribution < -0.4 is 10.1 Å². The maximum absolute atomic E-state index is 11.8. The van der Waals surface area contributed by atoms with Crippen molar-refractivity contribution < 1.29 is 14.5 Å². The maximum Gasteiger partial charge on any atom is 0.417 e. The van der Waals surface area contributed by atoms with E-state index in [9.17, 15) is 14.9 Å². The molecule has 2 aromatic carbocycles. The lowest BCUT2D eigenvalue weighted by atomic mass is 10.2. The zero-order valence-electron chi connectivity index (χ0n) is 11.0. The Morgan fingerprint density at radius 2 is 1.95 bits per heavy atom. The number of amides is 1. The van der Waals surface area contributed by atoms with E-state index < -0.39 is 11.0 Å². The quantitative estimate of drug-likeness (QED) is 0.681. The molecule has 1 amide bonds. The molecule has 0 aromatic heterocycles. The van der Waals surface area contributed by atoms with Gasteiger partial charge in [-0.05, 0) is 30.7 Å². The number of hydrogen-bond acceptors (Lipinski definition) is 4. The molecule has 0 aliphatic heterocycles. The van der Waals surface area contributed by atoms with Crippen molar-refractivity contribution in [1.82, 2.24) is 0 Å². The number of ether oxygens (including phenoxy) is 1. The minimum absolute atomic E-state index is 0.0550. The minimum Gasteiger partial charge on any atom is -0.410 e. The number of rotatable bonds is 3. The topological polar surface area (TPSA) is 81.5 Å². The Labute approximate surface area is 125 Å². The molecule has 0 spiro atoms. The van der Waals surface area contributed by atoms with Crippen LogP contribution in [0.15, 0.2) is 42.5 Å². The summed E-state index contributed by atoms with van der Waals surface area (Å²) in [5, 5.41) is 13.2. The lowest BCUT2D eigenvalue weighted by Crippen LogP contribution is -2.17. The Balaban J connectivity index is 2.14. The van der Waals surface area contributed by atoms with Crippen LogP contribution in [0.2, 0.25) is 5.02 Å². The molecule has 6 nitrogen and oxygen atoms in total. The van der Waals surface area contributed by atoms with Gasteiger partial charge < -0.3 is 4.74 Å². The zero-order valence-corrected chi connectivity index (χ0v) is 11.8. The molecule has 0 saturated heterocycles. The lowest BCUT2D eigenvalue weighted by Gasteiger charge is -2.09. The summed E-state index contributed by atoms with van der Waals surface area (Å²) in [6.45, 7) is 1.63. The van der Waals surface area contributed by atoms with Gasteiger partial charge in [0.05, 0.1) is 4.92 Å². The van der Waals surface area contributed by atoms with Crippen LogP contribution in [0.4, 0.5) is 16.2 Å². The van der Waals surface area contributed by atoms with Gasteiger partial charge in [-0.1, -0.05) is 29.8 Å². The van der Waals surface area contributed by atoms with Crippen molar-refractivity contribution in [2.75, 3.05) is 5.32 Å². The standard InChI is InChI=1S/C14H11ClN2O4/c1-9-7-13(17(19)20)11(15)8-12(9)16-14(18)21-10-5-3-2-4-6-10/h2-8H,1H3,(H,16,18). The molecule has 0 fully saturated rings. The van der Waals surface area contributed by atoms with Gasteiger partial charge in [-0.15, -0.1) is 0 Å². The van der Waals surface area contributed by atoms with E-state index >= 15 is 0 Å². The van der Waals surface area contributed by atoms with Gasteiger partial charge in [0, 0.05) is 11.8 Å². The van der Waals surface area contributed by atoms with Crippen LogP contribution in [0.3, 0.4) is 0 Å². The van der Waals surface area contributed by atoms with Crippen LogP contribution in [0, 0.1) is 17.0 Å². The second kappa shape index (κ2) is 6.23. The van der Waals surface area contributed by atoms with Crippen molar-refractivity contribution in [2.45, 2.75) is 6.92 Å². The van der Waals surface area contributed by atoms with E-state index in [1.807, 2.05) is 0 Å². The number of carbonyl (C=O) groups excluding carboxylic acids is 1. The minimum atomic E-state index is -0.700. The first kappa shape index (κ1) is 14.8. The summed E-state index contributed by atoms with van der Waals surface area (Å²) in [5.74, 6) is 0.390. The molecule has 0 radical (unpaired) electrons. The predicted octanol–water partition coefficient (Wildman–Crippen LogP) is 4.17. The smallest absolute Gasteiger partial charge is 0.410 e. The van der Waals surface area contributed by atoms with E-state index in [1.165, 1.54) is 12.1 Å². The van der Waals surface area contributed by atoms with Gasteiger partial charge in [0.2, 0.25) is 0 Å². The zero-order chi connectivity index (χ0) is 15.4. The molecule has 0 aliphatic carbocycles. The summed E-state index contributed by atoms with van der Waals surface area (Å²) < 4.78 is 5.06. The molecule has 2 aromatic rings. The van der Waals surface area contributed by atoms with Gasteiger partial charge in [0.1, 0.15) is 10.8 Å². The van der Waals surface area contributed by atoms with Crippen LogP contribution in [0.25, 0.3) is 0 Å². The first-order chi connectivity index (χ1) is 9.97. The third kappa shape index (κ3) is 3.70. The fraction of sp³-hybridized carbons (Fsp3) is 0.0714. The highest BCUT2D eigenvalue weighted by atomic mass is 35.5. The molecule has 0 bridgehead atoms. The SMILES string of the molecule is Cc1cc([N+](=O)[O-])c(Cl)cc1NC(=O)Oc1ccccc1. The molecule has 1 N–H and O–H groups in total. The number of carbonyl (C=O) groups is 1. The summed E-state index contributed by atoms with van der Waals surface area (Å²) >= 11 is 5.81. The molecule has 2 rings (SSSR count). The summed E-state index contributed by atoms with van der Waals surface area (Å²) in [7, 11) is 0. The normalized spacial score (nSPS) is 10.0. The van der Waals surface area contributed by atoms with Crippen molar-refractivity contribution in [3.8, 4) is 5.75 Å². The van der Waals surface area contributed by atoms with E-state index in [-0.39, 0.29) is 10.7 Å². The fourth-order valence-electron chi connectivity index (χ4n) is 1.67. The molecule has 0 saturated carbocycles. The molecular formula is C14H11ClN2O4. The lowest BCUT2D eigenvalue weighted by molar-refractivity contribution is -0.384. The van der Waals surface area contributed by atoms with Crippen molar-refractivity contribution in [3.63, 3.8) is 0 Å². The summed E-state index contributed by atoms with van der Waals surface area (Å²) in [5.41, 5.74) is 0.652. The summed E-state index contributed by atoms with van der Waals surface area (Å²) in [6, 6.07) is 11.1. The highest BCUT2D eigenvalue weighted by Gasteiger charge is 2.16. The van der Waals surface area contributed by atoms with Gasteiger partial charge >= 0.3 is 6.09 Å².